The Labute approximate surface area is 241 Å². The van der Waals surface area contributed by atoms with Gasteiger partial charge in [0.25, 0.3) is 0 Å². The number of hydrogen-bond acceptors (Lipinski definition) is 4. The lowest BCUT2D eigenvalue weighted by atomic mass is 10.0. The summed E-state index contributed by atoms with van der Waals surface area (Å²) in [7, 11) is -3.93. The predicted molar refractivity (Wildman–Crippen MR) is 157 cm³/mol. The molecule has 0 saturated carbocycles. The van der Waals surface area contributed by atoms with E-state index in [9.17, 15) is 22.4 Å². The summed E-state index contributed by atoms with van der Waals surface area (Å²) in [5.74, 6) is -1.61. The molecule has 0 spiro atoms. The van der Waals surface area contributed by atoms with Gasteiger partial charge in [-0.3, -0.25) is 13.9 Å². The molecule has 2 atom stereocenters. The Morgan fingerprint density at radius 3 is 2.27 bits per heavy atom. The van der Waals surface area contributed by atoms with E-state index in [0.29, 0.717) is 11.4 Å². The van der Waals surface area contributed by atoms with Crippen LogP contribution in [0, 0.1) is 12.7 Å². The van der Waals surface area contributed by atoms with Gasteiger partial charge >= 0.3 is 0 Å². The number of amides is 2. The molecule has 0 radical (unpaired) electrons. The lowest BCUT2D eigenvalue weighted by molar-refractivity contribution is -0.140. The van der Waals surface area contributed by atoms with Crippen LogP contribution in [0.25, 0.3) is 0 Å². The van der Waals surface area contributed by atoms with Crippen molar-refractivity contribution in [2.24, 2.45) is 0 Å². The average molecular weight is 588 g/mol. The van der Waals surface area contributed by atoms with Crippen molar-refractivity contribution in [3.05, 3.63) is 100 Å². The number of benzene rings is 3. The maximum Gasteiger partial charge on any atom is 0.244 e. The van der Waals surface area contributed by atoms with Crippen molar-refractivity contribution in [2.45, 2.75) is 52.2 Å². The zero-order chi connectivity index (χ0) is 29.4. The van der Waals surface area contributed by atoms with Crippen LogP contribution in [0.1, 0.15) is 37.0 Å². The largest absolute Gasteiger partial charge is 0.352 e. The molecule has 214 valence electrons. The van der Waals surface area contributed by atoms with Gasteiger partial charge < -0.3 is 10.2 Å². The maximum absolute atomic E-state index is 14.8. The number of nitrogens with one attached hydrogen (secondary N) is 1. The van der Waals surface area contributed by atoms with Gasteiger partial charge in [0.2, 0.25) is 21.8 Å². The van der Waals surface area contributed by atoms with Crippen molar-refractivity contribution in [1.29, 1.82) is 0 Å². The van der Waals surface area contributed by atoms with Gasteiger partial charge in [-0.1, -0.05) is 73.1 Å². The minimum Gasteiger partial charge on any atom is -0.352 e. The second-order valence-corrected chi connectivity index (χ2v) is 12.2. The Balaban J connectivity index is 2.08. The summed E-state index contributed by atoms with van der Waals surface area (Å²) in [6, 6.07) is 18.7. The molecule has 1 N–H and O–H groups in total. The topological polar surface area (TPSA) is 86.8 Å². The Morgan fingerprint density at radius 1 is 1.02 bits per heavy atom. The first-order valence-corrected chi connectivity index (χ1v) is 15.2. The molecule has 2 amide bonds. The third-order valence-electron chi connectivity index (χ3n) is 6.69. The standard InChI is InChI=1S/C30H35ClFN3O4S/c1-5-22(3)33-30(37)28(17-23-11-7-6-8-12-23)34(19-24-13-9-10-14-27(24)32)29(36)20-35(40(4,38)39)25-16-15-21(2)26(31)18-25/h6-16,18,22,28H,5,17,19-20H2,1-4H3,(H,33,37)/t22-,28-/m1/s1. The Morgan fingerprint density at radius 2 is 1.68 bits per heavy atom. The first kappa shape index (κ1) is 31.1. The van der Waals surface area contributed by atoms with Crippen LogP contribution in [0.15, 0.2) is 72.8 Å². The molecule has 10 heteroatoms. The summed E-state index contributed by atoms with van der Waals surface area (Å²) in [4.78, 5) is 28.9. The minimum atomic E-state index is -3.93. The van der Waals surface area contributed by atoms with Crippen molar-refractivity contribution >= 4 is 39.1 Å². The van der Waals surface area contributed by atoms with E-state index in [1.54, 1.807) is 25.1 Å². The number of halogens is 2. The van der Waals surface area contributed by atoms with Gasteiger partial charge in [-0.2, -0.15) is 0 Å². The van der Waals surface area contributed by atoms with E-state index < -0.39 is 40.2 Å². The highest BCUT2D eigenvalue weighted by Gasteiger charge is 2.34. The van der Waals surface area contributed by atoms with Gasteiger partial charge in [0.05, 0.1) is 11.9 Å². The molecule has 3 rings (SSSR count). The van der Waals surface area contributed by atoms with Gasteiger partial charge in [-0.15, -0.1) is 0 Å². The molecule has 0 unspecified atom stereocenters. The fourth-order valence-electron chi connectivity index (χ4n) is 4.16. The van der Waals surface area contributed by atoms with Crippen LogP contribution in [-0.4, -0.2) is 50.0 Å². The molecule has 0 aliphatic heterocycles. The zero-order valence-corrected chi connectivity index (χ0v) is 24.7. The third-order valence-corrected chi connectivity index (χ3v) is 8.24. The van der Waals surface area contributed by atoms with Crippen molar-refractivity contribution in [1.82, 2.24) is 10.2 Å². The van der Waals surface area contributed by atoms with Crippen molar-refractivity contribution < 1.29 is 22.4 Å². The molecule has 7 nitrogen and oxygen atoms in total. The monoisotopic (exact) mass is 587 g/mol. The predicted octanol–water partition coefficient (Wildman–Crippen LogP) is 5.11. The second kappa shape index (κ2) is 13.8. The minimum absolute atomic E-state index is 0.151. The van der Waals surface area contributed by atoms with Gasteiger partial charge in [-0.05, 0) is 49.6 Å². The number of carbonyl (C=O) groups is 2. The molecule has 0 saturated heterocycles. The third kappa shape index (κ3) is 8.29. The molecule has 3 aromatic rings. The molecular weight excluding hydrogens is 553 g/mol. The number of nitrogens with zero attached hydrogens (tertiary/aromatic N) is 2. The highest BCUT2D eigenvalue weighted by molar-refractivity contribution is 7.92. The van der Waals surface area contributed by atoms with E-state index in [2.05, 4.69) is 5.32 Å². The summed E-state index contributed by atoms with van der Waals surface area (Å²) in [5.41, 5.74) is 1.95. The van der Waals surface area contributed by atoms with Crippen LogP contribution in [0.3, 0.4) is 0 Å². The summed E-state index contributed by atoms with van der Waals surface area (Å²) in [6.07, 6.45) is 1.81. The van der Waals surface area contributed by atoms with Crippen LogP contribution in [0.5, 0.6) is 0 Å². The molecule has 0 aliphatic carbocycles. The van der Waals surface area contributed by atoms with Gasteiger partial charge in [-0.25, -0.2) is 12.8 Å². The van der Waals surface area contributed by atoms with Gasteiger partial charge in [0.15, 0.2) is 0 Å². The number of sulfonamides is 1. The Bertz CT molecular complexity index is 1440. The lowest BCUT2D eigenvalue weighted by Gasteiger charge is -2.34. The summed E-state index contributed by atoms with van der Waals surface area (Å²) >= 11 is 6.26. The van der Waals surface area contributed by atoms with E-state index >= 15 is 0 Å². The summed E-state index contributed by atoms with van der Waals surface area (Å²) < 4.78 is 41.5. The average Bonchev–Trinajstić information content (AvgIpc) is 2.91. The molecule has 3 aromatic carbocycles. The van der Waals surface area contributed by atoms with E-state index in [4.69, 9.17) is 11.6 Å². The van der Waals surface area contributed by atoms with Gasteiger partial charge in [0.1, 0.15) is 18.4 Å². The molecule has 0 heterocycles. The molecular formula is C30H35ClFN3O4S. The second-order valence-electron chi connectivity index (χ2n) is 9.84. The first-order valence-electron chi connectivity index (χ1n) is 13.0. The Kier molecular flexibility index (Phi) is 10.7. The van der Waals surface area contributed by atoms with Gasteiger partial charge in [0, 0.05) is 29.6 Å². The summed E-state index contributed by atoms with van der Waals surface area (Å²) in [6.45, 7) is 4.73. The molecule has 40 heavy (non-hydrogen) atoms. The van der Waals surface area contributed by atoms with Crippen molar-refractivity contribution in [2.75, 3.05) is 17.1 Å². The van der Waals surface area contributed by atoms with E-state index in [1.165, 1.54) is 29.2 Å². The van der Waals surface area contributed by atoms with Crippen LogP contribution < -0.4 is 9.62 Å². The van der Waals surface area contributed by atoms with E-state index in [-0.39, 0.29) is 30.3 Å². The maximum atomic E-state index is 14.8. The highest BCUT2D eigenvalue weighted by Crippen LogP contribution is 2.26. The molecule has 0 aromatic heterocycles. The first-order chi connectivity index (χ1) is 18.9. The molecule has 0 fully saturated rings. The number of anilines is 1. The fraction of sp³-hybridized carbons (Fsp3) is 0.333. The van der Waals surface area contributed by atoms with Crippen LogP contribution in [0.2, 0.25) is 5.02 Å². The van der Waals surface area contributed by atoms with Crippen molar-refractivity contribution in [3.63, 3.8) is 0 Å². The lowest BCUT2D eigenvalue weighted by Crippen LogP contribution is -2.54. The molecule has 0 bridgehead atoms. The smallest absolute Gasteiger partial charge is 0.244 e. The Hall–Kier alpha value is -3.43. The van der Waals surface area contributed by atoms with E-state index in [0.717, 1.165) is 21.7 Å². The van der Waals surface area contributed by atoms with E-state index in [1.807, 2.05) is 44.2 Å². The SMILES string of the molecule is CC[C@@H](C)NC(=O)[C@@H](Cc1ccccc1)N(Cc1ccccc1F)C(=O)CN(c1ccc(C)c(Cl)c1)S(C)(=O)=O. The number of hydrogen-bond donors (Lipinski definition) is 1. The van der Waals surface area contributed by atoms with Crippen LogP contribution >= 0.6 is 11.6 Å². The summed E-state index contributed by atoms with van der Waals surface area (Å²) in [5, 5.41) is 3.28. The number of carbonyl (C=O) groups excluding carboxylic acids is 2. The van der Waals surface area contributed by atoms with Crippen LogP contribution in [-0.2, 0) is 32.6 Å². The van der Waals surface area contributed by atoms with Crippen molar-refractivity contribution in [3.8, 4) is 0 Å². The quantitative estimate of drug-likeness (QED) is 0.319. The molecule has 0 aliphatic rings. The fourth-order valence-corrected chi connectivity index (χ4v) is 5.17. The zero-order valence-electron chi connectivity index (χ0n) is 23.1. The van der Waals surface area contributed by atoms with Crippen LogP contribution in [0.4, 0.5) is 10.1 Å². The normalized spacial score (nSPS) is 12.8. The highest BCUT2D eigenvalue weighted by atomic mass is 35.5. The number of rotatable bonds is 12. The number of aryl methyl sites for hydroxylation is 1.